The van der Waals surface area contributed by atoms with Gasteiger partial charge in [-0.05, 0) is 30.5 Å². The molecule has 2 rings (SSSR count). The molecule has 0 aliphatic heterocycles. The molecule has 0 unspecified atom stereocenters. The van der Waals surface area contributed by atoms with Crippen LogP contribution in [0.15, 0.2) is 18.2 Å². The minimum Gasteiger partial charge on any atom is -0.436 e. The predicted molar refractivity (Wildman–Crippen MR) is 77.0 cm³/mol. The Morgan fingerprint density at radius 2 is 2.05 bits per heavy atom. The highest BCUT2D eigenvalue weighted by Crippen LogP contribution is 2.28. The monoisotopic (exact) mass is 305 g/mol. The van der Waals surface area contributed by atoms with Gasteiger partial charge in [0.2, 0.25) is 0 Å². The van der Waals surface area contributed by atoms with E-state index < -0.39 is 5.82 Å². The average molecular weight is 306 g/mol. The number of aryl methyl sites for hydroxylation is 1. The third-order valence-corrected chi connectivity index (χ3v) is 3.34. The number of hydrogen-bond donors (Lipinski definition) is 0. The molecule has 0 saturated carbocycles. The van der Waals surface area contributed by atoms with Gasteiger partial charge in [-0.25, -0.2) is 4.39 Å². The van der Waals surface area contributed by atoms with Crippen molar-refractivity contribution in [3.8, 4) is 17.7 Å². The van der Waals surface area contributed by atoms with Crippen molar-refractivity contribution in [1.82, 2.24) is 10.2 Å². The molecule has 1 heterocycles. The molecule has 4 nitrogen and oxygen atoms in total. The van der Waals surface area contributed by atoms with Gasteiger partial charge in [0.05, 0.1) is 10.7 Å². The fourth-order valence-corrected chi connectivity index (χ4v) is 2.11. The fraction of sp³-hybridized carbons (Fsp3) is 0.267. The first-order valence-electron chi connectivity index (χ1n) is 6.52. The third kappa shape index (κ3) is 3.11. The summed E-state index contributed by atoms with van der Waals surface area (Å²) in [4.78, 5) is 0. The van der Waals surface area contributed by atoms with Crippen molar-refractivity contribution in [2.45, 2.75) is 26.7 Å². The summed E-state index contributed by atoms with van der Waals surface area (Å²) in [5.74, 6) is -0.302. The van der Waals surface area contributed by atoms with Crippen molar-refractivity contribution in [3.05, 3.63) is 45.9 Å². The number of hydrogen-bond acceptors (Lipinski definition) is 4. The largest absolute Gasteiger partial charge is 0.436 e. The number of ether oxygens (including phenoxy) is 1. The minimum atomic E-state index is -0.596. The van der Waals surface area contributed by atoms with E-state index in [0.29, 0.717) is 18.4 Å². The molecule has 0 N–H and O–H groups in total. The highest BCUT2D eigenvalue weighted by molar-refractivity contribution is 6.30. The van der Waals surface area contributed by atoms with Gasteiger partial charge in [0.15, 0.2) is 0 Å². The normalized spacial score (nSPS) is 10.2. The fourth-order valence-electron chi connectivity index (χ4n) is 1.99. The summed E-state index contributed by atoms with van der Waals surface area (Å²) in [5, 5.41) is 17.3. The van der Waals surface area contributed by atoms with Crippen LogP contribution in [0.5, 0.6) is 11.6 Å². The van der Waals surface area contributed by atoms with E-state index >= 15 is 0 Å². The van der Waals surface area contributed by atoms with Gasteiger partial charge in [0.1, 0.15) is 23.2 Å². The van der Waals surface area contributed by atoms with E-state index in [1.807, 2.05) is 13.8 Å². The molecule has 0 bridgehead atoms. The molecule has 1 aromatic heterocycles. The molecule has 0 atom stereocenters. The quantitative estimate of drug-likeness (QED) is 0.854. The minimum absolute atomic E-state index is 0.00418. The molecule has 0 spiro atoms. The third-order valence-electron chi connectivity index (χ3n) is 3.03. The van der Waals surface area contributed by atoms with Crippen LogP contribution in [0.25, 0.3) is 0 Å². The maximum Gasteiger partial charge on any atom is 0.257 e. The molecule has 0 aliphatic carbocycles. The number of rotatable bonds is 4. The molecule has 21 heavy (non-hydrogen) atoms. The number of aromatic nitrogens is 2. The molecule has 0 saturated heterocycles. The Balaban J connectivity index is 2.44. The van der Waals surface area contributed by atoms with Crippen LogP contribution in [0.1, 0.15) is 30.7 Å². The Labute approximate surface area is 127 Å². The van der Waals surface area contributed by atoms with E-state index in [1.54, 1.807) is 0 Å². The van der Waals surface area contributed by atoms with Crippen LogP contribution in [0, 0.1) is 17.1 Å². The summed E-state index contributed by atoms with van der Waals surface area (Å²) < 4.78 is 18.9. The van der Waals surface area contributed by atoms with Gasteiger partial charge in [-0.15, -0.1) is 5.10 Å². The molecule has 0 radical (unpaired) electrons. The second-order valence-electron chi connectivity index (χ2n) is 4.30. The molecular weight excluding hydrogens is 293 g/mol. The van der Waals surface area contributed by atoms with E-state index in [-0.39, 0.29) is 16.7 Å². The highest BCUT2D eigenvalue weighted by Gasteiger charge is 2.16. The standard InChI is InChI=1S/C15H13ClFN3O/c1-3-10-11(8-18)15(20-19-14(10)4-2)21-9-5-6-12(16)13(17)7-9/h5-7H,3-4H2,1-2H3. The van der Waals surface area contributed by atoms with Crippen molar-refractivity contribution in [2.24, 2.45) is 0 Å². The zero-order chi connectivity index (χ0) is 15.4. The van der Waals surface area contributed by atoms with Crippen LogP contribution in [0.3, 0.4) is 0 Å². The lowest BCUT2D eigenvalue weighted by Gasteiger charge is -2.11. The predicted octanol–water partition coefficient (Wildman–Crippen LogP) is 4.06. The molecule has 1 aromatic carbocycles. The smallest absolute Gasteiger partial charge is 0.257 e. The molecule has 0 aliphatic rings. The summed E-state index contributed by atoms with van der Waals surface area (Å²) in [7, 11) is 0. The van der Waals surface area contributed by atoms with Crippen molar-refractivity contribution < 1.29 is 9.13 Å². The number of benzene rings is 1. The Morgan fingerprint density at radius 3 is 2.62 bits per heavy atom. The zero-order valence-electron chi connectivity index (χ0n) is 11.7. The first-order chi connectivity index (χ1) is 10.1. The van der Waals surface area contributed by atoms with Crippen molar-refractivity contribution in [3.63, 3.8) is 0 Å². The lowest BCUT2D eigenvalue weighted by molar-refractivity contribution is 0.446. The van der Waals surface area contributed by atoms with Gasteiger partial charge in [0.25, 0.3) is 5.88 Å². The number of halogens is 2. The van der Waals surface area contributed by atoms with Crippen molar-refractivity contribution >= 4 is 11.6 Å². The van der Waals surface area contributed by atoms with E-state index in [1.165, 1.54) is 12.1 Å². The van der Waals surface area contributed by atoms with Gasteiger partial charge in [-0.3, -0.25) is 0 Å². The maximum absolute atomic E-state index is 13.4. The second kappa shape index (κ2) is 6.51. The van der Waals surface area contributed by atoms with Crippen LogP contribution in [-0.4, -0.2) is 10.2 Å². The van der Waals surface area contributed by atoms with E-state index in [4.69, 9.17) is 16.3 Å². The molecule has 0 fully saturated rings. The number of nitriles is 1. The summed E-state index contributed by atoms with van der Waals surface area (Å²) >= 11 is 5.62. The summed E-state index contributed by atoms with van der Waals surface area (Å²) in [6.07, 6.45) is 1.33. The van der Waals surface area contributed by atoms with Crippen LogP contribution in [0.4, 0.5) is 4.39 Å². The van der Waals surface area contributed by atoms with E-state index in [2.05, 4.69) is 16.3 Å². The molecule has 6 heteroatoms. The van der Waals surface area contributed by atoms with Gasteiger partial charge in [-0.1, -0.05) is 25.4 Å². The van der Waals surface area contributed by atoms with Crippen LogP contribution in [-0.2, 0) is 12.8 Å². The van der Waals surface area contributed by atoms with Crippen LogP contribution >= 0.6 is 11.6 Å². The zero-order valence-corrected chi connectivity index (χ0v) is 12.4. The topological polar surface area (TPSA) is 58.8 Å². The van der Waals surface area contributed by atoms with Crippen LogP contribution < -0.4 is 4.74 Å². The number of nitrogens with zero attached hydrogens (tertiary/aromatic N) is 3. The molecule has 108 valence electrons. The molecule has 0 amide bonds. The van der Waals surface area contributed by atoms with Crippen molar-refractivity contribution in [1.29, 1.82) is 5.26 Å². The lowest BCUT2D eigenvalue weighted by Crippen LogP contribution is -2.05. The summed E-state index contributed by atoms with van der Waals surface area (Å²) in [6, 6.07) is 6.12. The van der Waals surface area contributed by atoms with E-state index in [9.17, 15) is 9.65 Å². The molecular formula is C15H13ClFN3O. The van der Waals surface area contributed by atoms with Gasteiger partial charge in [-0.2, -0.15) is 10.4 Å². The Bertz CT molecular complexity index is 713. The Kier molecular flexibility index (Phi) is 4.71. The first kappa shape index (κ1) is 15.2. The van der Waals surface area contributed by atoms with Gasteiger partial charge in [0, 0.05) is 6.07 Å². The molecule has 2 aromatic rings. The average Bonchev–Trinajstić information content (AvgIpc) is 2.50. The van der Waals surface area contributed by atoms with Gasteiger partial charge < -0.3 is 4.74 Å². The van der Waals surface area contributed by atoms with E-state index in [0.717, 1.165) is 17.3 Å². The van der Waals surface area contributed by atoms with Gasteiger partial charge >= 0.3 is 0 Å². The summed E-state index contributed by atoms with van der Waals surface area (Å²) in [5.41, 5.74) is 1.91. The second-order valence-corrected chi connectivity index (χ2v) is 4.71. The lowest BCUT2D eigenvalue weighted by atomic mass is 10.0. The Hall–Kier alpha value is -2.19. The SMILES string of the molecule is CCc1nnc(Oc2ccc(Cl)c(F)c2)c(C#N)c1CC. The highest BCUT2D eigenvalue weighted by atomic mass is 35.5. The first-order valence-corrected chi connectivity index (χ1v) is 6.89. The Morgan fingerprint density at radius 1 is 1.29 bits per heavy atom. The maximum atomic E-state index is 13.4. The summed E-state index contributed by atoms with van der Waals surface area (Å²) in [6.45, 7) is 3.88. The van der Waals surface area contributed by atoms with Crippen molar-refractivity contribution in [2.75, 3.05) is 0 Å². The van der Waals surface area contributed by atoms with Crippen LogP contribution in [0.2, 0.25) is 5.02 Å².